The zero-order chi connectivity index (χ0) is 24.5. The maximum atomic E-state index is 13.0. The van der Waals surface area contributed by atoms with Crippen molar-refractivity contribution in [1.82, 2.24) is 14.8 Å². The summed E-state index contributed by atoms with van der Waals surface area (Å²) < 4.78 is 6.57. The monoisotopic (exact) mass is 484 g/mol. The van der Waals surface area contributed by atoms with Gasteiger partial charge >= 0.3 is 0 Å². The lowest BCUT2D eigenvalue weighted by atomic mass is 9.93. The second kappa shape index (κ2) is 9.97. The van der Waals surface area contributed by atoms with E-state index in [2.05, 4.69) is 33.3 Å². The number of likely N-dealkylation sites (tertiary alicyclic amines) is 2. The van der Waals surface area contributed by atoms with Crippen LogP contribution in [0.2, 0.25) is 0 Å². The van der Waals surface area contributed by atoms with Gasteiger partial charge in [-0.25, -0.2) is 0 Å². The molecule has 1 amide bonds. The predicted molar refractivity (Wildman–Crippen MR) is 138 cm³/mol. The summed E-state index contributed by atoms with van der Waals surface area (Å²) in [6.45, 7) is 4.12. The number of piperidine rings is 1. The van der Waals surface area contributed by atoms with Crippen LogP contribution in [0.4, 0.5) is 0 Å². The van der Waals surface area contributed by atoms with Crippen molar-refractivity contribution in [2.45, 2.75) is 50.5 Å². The van der Waals surface area contributed by atoms with E-state index in [-0.39, 0.29) is 17.9 Å². The molecule has 6 rings (SSSR count). The lowest BCUT2D eigenvalue weighted by Gasteiger charge is -2.33. The van der Waals surface area contributed by atoms with Gasteiger partial charge < -0.3 is 9.32 Å². The van der Waals surface area contributed by atoms with Gasteiger partial charge in [-0.05, 0) is 86.5 Å². The molecule has 2 atom stereocenters. The highest BCUT2D eigenvalue weighted by Gasteiger charge is 2.30. The normalized spacial score (nSPS) is 22.1. The number of furan rings is 1. The first-order valence-corrected chi connectivity index (χ1v) is 13.2. The van der Waals surface area contributed by atoms with E-state index in [0.29, 0.717) is 13.1 Å². The standard InChI is InChI=1S/C29H32N4O3/c34-28(19-32-13-1-2-14-32)33-15-3-4-23(18-33)27-17-25(29(36-27)20-9-11-30-12-10-20)22-5-7-24-21(16-22)6-8-26(24)31-35/h5,7,9-12,16-17,23,26H,1-4,6,8,13-15,18-19H2. The zero-order valence-electron chi connectivity index (χ0n) is 20.6. The van der Waals surface area contributed by atoms with Crippen molar-refractivity contribution in [3.63, 3.8) is 0 Å². The first-order valence-electron chi connectivity index (χ1n) is 13.2. The van der Waals surface area contributed by atoms with Gasteiger partial charge in [-0.3, -0.25) is 14.7 Å². The van der Waals surface area contributed by atoms with Gasteiger partial charge in [-0.2, -0.15) is 4.91 Å². The van der Waals surface area contributed by atoms with Crippen LogP contribution >= 0.6 is 0 Å². The average molecular weight is 485 g/mol. The molecule has 2 aliphatic heterocycles. The fourth-order valence-corrected chi connectivity index (χ4v) is 6.08. The van der Waals surface area contributed by atoms with E-state index in [0.717, 1.165) is 79.1 Å². The van der Waals surface area contributed by atoms with Gasteiger partial charge in [0.2, 0.25) is 5.91 Å². The zero-order valence-corrected chi connectivity index (χ0v) is 20.6. The van der Waals surface area contributed by atoms with E-state index in [1.54, 1.807) is 12.4 Å². The van der Waals surface area contributed by atoms with E-state index < -0.39 is 0 Å². The van der Waals surface area contributed by atoms with Crippen molar-refractivity contribution in [2.24, 2.45) is 5.18 Å². The van der Waals surface area contributed by atoms with Crippen LogP contribution in [-0.4, -0.2) is 53.4 Å². The summed E-state index contributed by atoms with van der Waals surface area (Å²) >= 11 is 0. The molecule has 3 aromatic rings. The minimum atomic E-state index is -0.236. The number of carbonyl (C=O) groups excluding carboxylic acids is 1. The van der Waals surface area contributed by atoms with Crippen LogP contribution in [0.3, 0.4) is 0 Å². The van der Waals surface area contributed by atoms with Gasteiger partial charge in [0, 0.05) is 42.5 Å². The number of carbonyl (C=O) groups is 1. The fourth-order valence-electron chi connectivity index (χ4n) is 6.08. The van der Waals surface area contributed by atoms with Crippen LogP contribution in [0.15, 0.2) is 58.4 Å². The van der Waals surface area contributed by atoms with Crippen LogP contribution in [0.25, 0.3) is 22.5 Å². The Kier molecular flexibility index (Phi) is 6.40. The molecule has 7 heteroatoms. The molecule has 0 saturated carbocycles. The number of pyridine rings is 1. The average Bonchev–Trinajstić information content (AvgIpc) is 3.68. The third-order valence-electron chi connectivity index (χ3n) is 8.05. The molecule has 4 heterocycles. The Morgan fingerprint density at radius 2 is 1.83 bits per heavy atom. The van der Waals surface area contributed by atoms with Crippen molar-refractivity contribution < 1.29 is 9.21 Å². The Bertz CT molecular complexity index is 1250. The van der Waals surface area contributed by atoms with Crippen molar-refractivity contribution in [2.75, 3.05) is 32.7 Å². The highest BCUT2D eigenvalue weighted by atomic mass is 16.3. The summed E-state index contributed by atoms with van der Waals surface area (Å²) in [7, 11) is 0. The number of hydrogen-bond acceptors (Lipinski definition) is 6. The summed E-state index contributed by atoms with van der Waals surface area (Å²) in [5.41, 5.74) is 5.35. The molecule has 2 fully saturated rings. The molecule has 3 aliphatic rings. The van der Waals surface area contributed by atoms with Crippen molar-refractivity contribution in [3.8, 4) is 22.5 Å². The molecule has 0 spiro atoms. The van der Waals surface area contributed by atoms with Gasteiger partial charge in [0.1, 0.15) is 17.6 Å². The van der Waals surface area contributed by atoms with Crippen LogP contribution in [-0.2, 0) is 11.2 Å². The van der Waals surface area contributed by atoms with Gasteiger partial charge in [0.05, 0.1) is 6.54 Å². The smallest absolute Gasteiger partial charge is 0.236 e. The second-order valence-corrected chi connectivity index (χ2v) is 10.4. The first kappa shape index (κ1) is 23.1. The third-order valence-corrected chi connectivity index (χ3v) is 8.05. The number of rotatable bonds is 6. The topological polar surface area (TPSA) is 79.0 Å². The highest BCUT2D eigenvalue weighted by Crippen LogP contribution is 2.42. The molecule has 0 N–H and O–H groups in total. The molecule has 1 aromatic carbocycles. The van der Waals surface area contributed by atoms with Crippen LogP contribution < -0.4 is 0 Å². The minimum Gasteiger partial charge on any atom is -0.460 e. The van der Waals surface area contributed by atoms with Gasteiger partial charge in [0.15, 0.2) is 0 Å². The molecular formula is C29H32N4O3. The Labute approximate surface area is 211 Å². The fraction of sp³-hybridized carbons (Fsp3) is 0.448. The van der Waals surface area contributed by atoms with Crippen LogP contribution in [0, 0.1) is 4.91 Å². The molecule has 2 saturated heterocycles. The van der Waals surface area contributed by atoms with Crippen molar-refractivity contribution in [3.05, 3.63) is 70.6 Å². The number of benzene rings is 1. The quantitative estimate of drug-likeness (QED) is 0.428. The lowest BCUT2D eigenvalue weighted by molar-refractivity contribution is -0.133. The number of nitrogens with zero attached hydrogens (tertiary/aromatic N) is 4. The lowest BCUT2D eigenvalue weighted by Crippen LogP contribution is -2.44. The maximum Gasteiger partial charge on any atom is 0.236 e. The molecule has 186 valence electrons. The molecule has 0 bridgehead atoms. The number of nitroso groups, excluding NO2 is 1. The predicted octanol–water partition coefficient (Wildman–Crippen LogP) is 5.56. The Hall–Kier alpha value is -3.32. The summed E-state index contributed by atoms with van der Waals surface area (Å²) in [4.78, 5) is 32.7. The number of amides is 1. The van der Waals surface area contributed by atoms with E-state index in [1.807, 2.05) is 23.1 Å². The highest BCUT2D eigenvalue weighted by molar-refractivity contribution is 5.81. The second-order valence-electron chi connectivity index (χ2n) is 10.4. The molecule has 0 radical (unpaired) electrons. The molecule has 2 aromatic heterocycles. The molecular weight excluding hydrogens is 452 g/mol. The molecule has 2 unspecified atom stereocenters. The number of fused-ring (bicyclic) bond motifs is 1. The first-order chi connectivity index (χ1) is 17.7. The largest absolute Gasteiger partial charge is 0.460 e. The molecule has 1 aliphatic carbocycles. The van der Waals surface area contributed by atoms with E-state index in [4.69, 9.17) is 4.42 Å². The number of hydrogen-bond donors (Lipinski definition) is 0. The number of aryl methyl sites for hydroxylation is 1. The minimum absolute atomic E-state index is 0.175. The molecule has 36 heavy (non-hydrogen) atoms. The van der Waals surface area contributed by atoms with Gasteiger partial charge in [0.25, 0.3) is 0 Å². The summed E-state index contributed by atoms with van der Waals surface area (Å²) in [5, 5.41) is 3.30. The van der Waals surface area contributed by atoms with E-state index in [1.165, 1.54) is 18.4 Å². The van der Waals surface area contributed by atoms with Crippen molar-refractivity contribution in [1.29, 1.82) is 0 Å². The Balaban J connectivity index is 1.30. The maximum absolute atomic E-state index is 13.0. The Morgan fingerprint density at radius 1 is 1.00 bits per heavy atom. The summed E-state index contributed by atoms with van der Waals surface area (Å²) in [6.07, 6.45) is 9.58. The number of aromatic nitrogens is 1. The molecule has 7 nitrogen and oxygen atoms in total. The van der Waals surface area contributed by atoms with E-state index >= 15 is 0 Å². The Morgan fingerprint density at radius 3 is 2.64 bits per heavy atom. The van der Waals surface area contributed by atoms with Crippen LogP contribution in [0.5, 0.6) is 0 Å². The third kappa shape index (κ3) is 4.48. The summed E-state index contributed by atoms with van der Waals surface area (Å²) in [5.74, 6) is 2.17. The van der Waals surface area contributed by atoms with Crippen LogP contribution in [0.1, 0.15) is 61.0 Å². The SMILES string of the molecule is O=NC1CCc2cc(-c3cc(C4CCCN(C(=O)CN5CCCC5)C4)oc3-c3ccncc3)ccc21. The summed E-state index contributed by atoms with van der Waals surface area (Å²) in [6, 6.07) is 12.2. The van der Waals surface area contributed by atoms with Crippen molar-refractivity contribution >= 4 is 5.91 Å². The van der Waals surface area contributed by atoms with Gasteiger partial charge in [-0.15, -0.1) is 0 Å². The van der Waals surface area contributed by atoms with E-state index in [9.17, 15) is 9.70 Å². The van der Waals surface area contributed by atoms with Gasteiger partial charge in [-0.1, -0.05) is 23.4 Å².